The zero-order valence-corrected chi connectivity index (χ0v) is 14.7. The van der Waals surface area contributed by atoms with E-state index in [0.717, 1.165) is 6.42 Å². The molecule has 0 spiro atoms. The minimum absolute atomic E-state index is 0.0407. The number of hydrogen-bond acceptors (Lipinski definition) is 5. The largest absolute Gasteiger partial charge is 0.467 e. The average Bonchev–Trinajstić information content (AvgIpc) is 2.88. The predicted octanol–water partition coefficient (Wildman–Crippen LogP) is 1.76. The van der Waals surface area contributed by atoms with E-state index in [1.165, 1.54) is 7.11 Å². The SMILES string of the molecule is COC(=O)[C@@H]1CC[C@@H]2CC=CC[C@H](NC(=O)OC(C)(C)C)C(=O)N21. The lowest BCUT2D eigenvalue weighted by Gasteiger charge is -2.33. The van der Waals surface area contributed by atoms with Crippen molar-refractivity contribution in [3.8, 4) is 0 Å². The average molecular weight is 338 g/mol. The second kappa shape index (κ2) is 7.23. The van der Waals surface area contributed by atoms with Gasteiger partial charge in [-0.1, -0.05) is 12.2 Å². The second-order valence-corrected chi connectivity index (χ2v) is 7.16. The summed E-state index contributed by atoms with van der Waals surface area (Å²) < 4.78 is 10.1. The van der Waals surface area contributed by atoms with E-state index in [-0.39, 0.29) is 11.9 Å². The van der Waals surface area contributed by atoms with Gasteiger partial charge < -0.3 is 19.7 Å². The maximum Gasteiger partial charge on any atom is 0.408 e. The predicted molar refractivity (Wildman–Crippen MR) is 87.2 cm³/mol. The quantitative estimate of drug-likeness (QED) is 0.612. The van der Waals surface area contributed by atoms with E-state index in [2.05, 4.69) is 5.32 Å². The van der Waals surface area contributed by atoms with E-state index in [9.17, 15) is 14.4 Å². The zero-order chi connectivity index (χ0) is 17.9. The number of hydrogen-bond donors (Lipinski definition) is 1. The molecule has 0 aromatic rings. The normalized spacial score (nSPS) is 27.1. The zero-order valence-electron chi connectivity index (χ0n) is 14.7. The Morgan fingerprint density at radius 2 is 1.88 bits per heavy atom. The molecule has 2 heterocycles. The molecule has 0 saturated carbocycles. The molecule has 0 radical (unpaired) electrons. The second-order valence-electron chi connectivity index (χ2n) is 7.16. The van der Waals surface area contributed by atoms with Crippen molar-refractivity contribution < 1.29 is 23.9 Å². The van der Waals surface area contributed by atoms with Crippen LogP contribution in [0.15, 0.2) is 12.2 Å². The molecule has 24 heavy (non-hydrogen) atoms. The number of methoxy groups -OCH3 is 1. The van der Waals surface area contributed by atoms with Gasteiger partial charge in [-0.2, -0.15) is 0 Å². The first-order valence-electron chi connectivity index (χ1n) is 8.27. The van der Waals surface area contributed by atoms with Gasteiger partial charge in [0, 0.05) is 6.04 Å². The number of amides is 2. The van der Waals surface area contributed by atoms with E-state index < -0.39 is 29.7 Å². The van der Waals surface area contributed by atoms with Gasteiger partial charge in [-0.25, -0.2) is 9.59 Å². The van der Waals surface area contributed by atoms with Crippen molar-refractivity contribution in [3.05, 3.63) is 12.2 Å². The molecule has 0 unspecified atom stereocenters. The lowest BCUT2D eigenvalue weighted by atomic mass is 10.0. The van der Waals surface area contributed by atoms with Crippen LogP contribution in [0.5, 0.6) is 0 Å². The first kappa shape index (κ1) is 18.3. The van der Waals surface area contributed by atoms with Crippen molar-refractivity contribution in [1.82, 2.24) is 10.2 Å². The Bertz CT molecular complexity index is 538. The summed E-state index contributed by atoms with van der Waals surface area (Å²) in [6, 6.07) is -1.37. The first-order valence-corrected chi connectivity index (χ1v) is 8.27. The summed E-state index contributed by atoms with van der Waals surface area (Å²) in [6.45, 7) is 5.28. The van der Waals surface area contributed by atoms with Crippen LogP contribution in [-0.2, 0) is 19.1 Å². The van der Waals surface area contributed by atoms with Gasteiger partial charge in [-0.15, -0.1) is 0 Å². The molecule has 1 fully saturated rings. The lowest BCUT2D eigenvalue weighted by Crippen LogP contribution is -2.55. The van der Waals surface area contributed by atoms with Gasteiger partial charge in [0.15, 0.2) is 0 Å². The molecule has 3 atom stereocenters. The van der Waals surface area contributed by atoms with Crippen molar-refractivity contribution in [1.29, 1.82) is 0 Å². The fourth-order valence-corrected chi connectivity index (χ4v) is 3.15. The molecule has 1 N–H and O–H groups in total. The minimum Gasteiger partial charge on any atom is -0.467 e. The molecule has 7 heteroatoms. The monoisotopic (exact) mass is 338 g/mol. The van der Waals surface area contributed by atoms with E-state index >= 15 is 0 Å². The van der Waals surface area contributed by atoms with E-state index in [0.29, 0.717) is 19.3 Å². The number of alkyl carbamates (subject to hydrolysis) is 1. The third-order valence-corrected chi connectivity index (χ3v) is 4.17. The van der Waals surface area contributed by atoms with Crippen molar-refractivity contribution in [2.45, 2.75) is 70.2 Å². The lowest BCUT2D eigenvalue weighted by molar-refractivity contribution is -0.153. The van der Waals surface area contributed by atoms with Crippen LogP contribution in [0.3, 0.4) is 0 Å². The maximum atomic E-state index is 12.9. The highest BCUT2D eigenvalue weighted by molar-refractivity contribution is 5.90. The molecule has 7 nitrogen and oxygen atoms in total. The Labute approximate surface area is 142 Å². The van der Waals surface area contributed by atoms with Crippen LogP contribution in [0.4, 0.5) is 4.79 Å². The first-order chi connectivity index (χ1) is 11.2. The summed E-state index contributed by atoms with van der Waals surface area (Å²) >= 11 is 0. The minimum atomic E-state index is -0.746. The van der Waals surface area contributed by atoms with E-state index in [4.69, 9.17) is 9.47 Å². The third kappa shape index (κ3) is 4.27. The molecule has 2 amide bonds. The summed E-state index contributed by atoms with van der Waals surface area (Å²) in [7, 11) is 1.32. The van der Waals surface area contributed by atoms with Crippen molar-refractivity contribution in [2.75, 3.05) is 7.11 Å². The summed E-state index contributed by atoms with van der Waals surface area (Å²) in [5, 5.41) is 2.63. The standard InChI is InChI=1S/C17H26N2O5/c1-17(2,3)24-16(22)18-12-8-6-5-7-11-9-10-13(15(21)23-4)19(11)14(12)20/h5-6,11-13H,7-10H2,1-4H3,(H,18,22)/t11-,12-,13-/m0/s1. The smallest absolute Gasteiger partial charge is 0.408 e. The fraction of sp³-hybridized carbons (Fsp3) is 0.706. The van der Waals surface area contributed by atoms with Crippen molar-refractivity contribution in [2.24, 2.45) is 0 Å². The Morgan fingerprint density at radius 1 is 1.21 bits per heavy atom. The number of nitrogens with one attached hydrogen (secondary N) is 1. The summed E-state index contributed by atoms with van der Waals surface area (Å²) in [5.41, 5.74) is -0.644. The number of carbonyl (C=O) groups excluding carboxylic acids is 3. The van der Waals surface area contributed by atoms with Gasteiger partial charge in [0.2, 0.25) is 5.91 Å². The maximum absolute atomic E-state index is 12.9. The van der Waals surface area contributed by atoms with Crippen LogP contribution in [0.2, 0.25) is 0 Å². The number of ether oxygens (including phenoxy) is 2. The van der Waals surface area contributed by atoms with Gasteiger partial charge in [-0.05, 0) is 46.5 Å². The van der Waals surface area contributed by atoms with Crippen LogP contribution in [0, 0.1) is 0 Å². The molecule has 0 aromatic carbocycles. The van der Waals surface area contributed by atoms with Crippen LogP contribution >= 0.6 is 0 Å². The van der Waals surface area contributed by atoms with Crippen molar-refractivity contribution >= 4 is 18.0 Å². The highest BCUT2D eigenvalue weighted by Gasteiger charge is 2.44. The number of carbonyl (C=O) groups is 3. The third-order valence-electron chi connectivity index (χ3n) is 4.17. The molecule has 1 saturated heterocycles. The summed E-state index contributed by atoms with van der Waals surface area (Å²) in [5.74, 6) is -0.672. The Hall–Kier alpha value is -2.05. The van der Waals surface area contributed by atoms with Gasteiger partial charge in [0.25, 0.3) is 0 Å². The van der Waals surface area contributed by atoms with Gasteiger partial charge in [0.05, 0.1) is 7.11 Å². The topological polar surface area (TPSA) is 84.9 Å². The van der Waals surface area contributed by atoms with Crippen LogP contribution in [0.25, 0.3) is 0 Å². The van der Waals surface area contributed by atoms with Crippen molar-refractivity contribution in [3.63, 3.8) is 0 Å². The van der Waals surface area contributed by atoms with E-state index in [1.54, 1.807) is 25.7 Å². The molecule has 0 aromatic heterocycles. The molecule has 2 rings (SSSR count). The Kier molecular flexibility index (Phi) is 5.51. The number of esters is 1. The molecule has 2 aliphatic heterocycles. The molecular weight excluding hydrogens is 312 g/mol. The number of nitrogens with zero attached hydrogens (tertiary/aromatic N) is 1. The number of fused-ring (bicyclic) bond motifs is 1. The Balaban J connectivity index is 2.15. The Morgan fingerprint density at radius 3 is 2.50 bits per heavy atom. The molecule has 0 bridgehead atoms. The fourth-order valence-electron chi connectivity index (χ4n) is 3.15. The molecule has 0 aliphatic carbocycles. The number of rotatable bonds is 2. The molecular formula is C17H26N2O5. The van der Waals surface area contributed by atoms with Gasteiger partial charge in [0.1, 0.15) is 17.7 Å². The van der Waals surface area contributed by atoms with Gasteiger partial charge >= 0.3 is 12.1 Å². The molecule has 134 valence electrons. The van der Waals surface area contributed by atoms with E-state index in [1.807, 2.05) is 12.2 Å². The molecule has 2 aliphatic rings. The van der Waals surface area contributed by atoms with Gasteiger partial charge in [-0.3, -0.25) is 4.79 Å². The highest BCUT2D eigenvalue weighted by atomic mass is 16.6. The van der Waals surface area contributed by atoms with Crippen LogP contribution in [0.1, 0.15) is 46.5 Å². The van der Waals surface area contributed by atoms with Crippen LogP contribution in [-0.4, -0.2) is 53.7 Å². The van der Waals surface area contributed by atoms with Crippen LogP contribution < -0.4 is 5.32 Å². The summed E-state index contributed by atoms with van der Waals surface area (Å²) in [6.07, 6.45) is 5.65. The summed E-state index contributed by atoms with van der Waals surface area (Å²) in [4.78, 5) is 38.5. The highest BCUT2D eigenvalue weighted by Crippen LogP contribution is 2.30.